The van der Waals surface area contributed by atoms with Crippen molar-refractivity contribution in [1.82, 2.24) is 20.1 Å². The van der Waals surface area contributed by atoms with Gasteiger partial charge < -0.3 is 10.6 Å². The summed E-state index contributed by atoms with van der Waals surface area (Å²) in [6.07, 6.45) is 3.36. The standard InChI is InChI=1S/C14H17N5O2/c1-10-3-6-15-12(9-10)18-13(20)5-7-16-14(21)11-4-8-17-19(11)2/h3-4,6,8-9H,5,7H2,1-2H3,(H,16,21)(H,15,18,20). The van der Waals surface area contributed by atoms with Crippen LogP contribution in [0.3, 0.4) is 0 Å². The molecule has 7 nitrogen and oxygen atoms in total. The molecule has 2 amide bonds. The molecule has 0 unspecified atom stereocenters. The van der Waals surface area contributed by atoms with E-state index in [-0.39, 0.29) is 24.8 Å². The summed E-state index contributed by atoms with van der Waals surface area (Å²) in [5.41, 5.74) is 1.47. The van der Waals surface area contributed by atoms with Crippen LogP contribution in [0.25, 0.3) is 0 Å². The van der Waals surface area contributed by atoms with Gasteiger partial charge >= 0.3 is 0 Å². The van der Waals surface area contributed by atoms with Crippen molar-refractivity contribution in [3.63, 3.8) is 0 Å². The van der Waals surface area contributed by atoms with Crippen LogP contribution in [0.15, 0.2) is 30.6 Å². The number of anilines is 1. The summed E-state index contributed by atoms with van der Waals surface area (Å²) >= 11 is 0. The Morgan fingerprint density at radius 3 is 2.76 bits per heavy atom. The summed E-state index contributed by atoms with van der Waals surface area (Å²) in [4.78, 5) is 27.6. The van der Waals surface area contributed by atoms with Crippen LogP contribution in [0.5, 0.6) is 0 Å². The van der Waals surface area contributed by atoms with Crippen LogP contribution in [0.4, 0.5) is 5.82 Å². The molecule has 0 aliphatic heterocycles. The van der Waals surface area contributed by atoms with Crippen molar-refractivity contribution in [1.29, 1.82) is 0 Å². The maximum atomic E-state index is 11.8. The van der Waals surface area contributed by atoms with Gasteiger partial charge in [-0.3, -0.25) is 14.3 Å². The highest BCUT2D eigenvalue weighted by molar-refractivity contribution is 5.93. The van der Waals surface area contributed by atoms with Gasteiger partial charge in [-0.1, -0.05) is 0 Å². The van der Waals surface area contributed by atoms with Gasteiger partial charge in [0.2, 0.25) is 5.91 Å². The quantitative estimate of drug-likeness (QED) is 0.854. The van der Waals surface area contributed by atoms with Crippen molar-refractivity contribution in [2.45, 2.75) is 13.3 Å². The number of pyridine rings is 1. The van der Waals surface area contributed by atoms with Gasteiger partial charge in [-0.25, -0.2) is 4.98 Å². The van der Waals surface area contributed by atoms with Gasteiger partial charge in [-0.15, -0.1) is 0 Å². The molecule has 2 aromatic rings. The van der Waals surface area contributed by atoms with E-state index in [2.05, 4.69) is 20.7 Å². The lowest BCUT2D eigenvalue weighted by Crippen LogP contribution is -2.29. The van der Waals surface area contributed by atoms with Crippen molar-refractivity contribution in [3.8, 4) is 0 Å². The first-order valence-electron chi connectivity index (χ1n) is 6.55. The average Bonchev–Trinajstić information content (AvgIpc) is 2.85. The number of aryl methyl sites for hydroxylation is 2. The van der Waals surface area contributed by atoms with E-state index >= 15 is 0 Å². The molecule has 2 heterocycles. The van der Waals surface area contributed by atoms with Crippen molar-refractivity contribution in [3.05, 3.63) is 41.9 Å². The first-order valence-corrected chi connectivity index (χ1v) is 6.55. The van der Waals surface area contributed by atoms with Gasteiger partial charge in [0.1, 0.15) is 11.5 Å². The molecule has 21 heavy (non-hydrogen) atoms. The normalized spacial score (nSPS) is 10.2. The highest BCUT2D eigenvalue weighted by atomic mass is 16.2. The van der Waals surface area contributed by atoms with Crippen LogP contribution in [0.1, 0.15) is 22.5 Å². The first kappa shape index (κ1) is 14.7. The van der Waals surface area contributed by atoms with Crippen LogP contribution in [0.2, 0.25) is 0 Å². The molecule has 0 bridgehead atoms. The summed E-state index contributed by atoms with van der Waals surface area (Å²) in [5.74, 6) is 0.0628. The molecule has 7 heteroatoms. The molecule has 110 valence electrons. The molecule has 0 saturated heterocycles. The summed E-state index contributed by atoms with van der Waals surface area (Å²) in [5, 5.41) is 9.27. The second-order valence-electron chi connectivity index (χ2n) is 4.61. The molecule has 2 aromatic heterocycles. The number of hydrogen-bond donors (Lipinski definition) is 2. The van der Waals surface area contributed by atoms with Crippen molar-refractivity contribution in [2.75, 3.05) is 11.9 Å². The van der Waals surface area contributed by atoms with Crippen molar-refractivity contribution >= 4 is 17.6 Å². The summed E-state index contributed by atoms with van der Waals surface area (Å²) in [7, 11) is 1.69. The van der Waals surface area contributed by atoms with Crippen LogP contribution < -0.4 is 10.6 Å². The summed E-state index contributed by atoms with van der Waals surface area (Å²) in [6.45, 7) is 2.17. The highest BCUT2D eigenvalue weighted by Crippen LogP contribution is 2.05. The number of amides is 2. The zero-order valence-electron chi connectivity index (χ0n) is 12.0. The fraction of sp³-hybridized carbons (Fsp3) is 0.286. The molecule has 2 rings (SSSR count). The first-order chi connectivity index (χ1) is 10.1. The third kappa shape index (κ3) is 4.13. The van der Waals surface area contributed by atoms with E-state index in [9.17, 15) is 9.59 Å². The lowest BCUT2D eigenvalue weighted by Gasteiger charge is -2.06. The Hall–Kier alpha value is -2.70. The van der Waals surface area contributed by atoms with E-state index in [0.717, 1.165) is 5.56 Å². The molecular weight excluding hydrogens is 270 g/mol. The van der Waals surface area contributed by atoms with Gasteiger partial charge in [0.15, 0.2) is 0 Å². The predicted octanol–water partition coefficient (Wildman–Crippen LogP) is 0.882. The molecule has 0 spiro atoms. The Labute approximate surface area is 122 Å². The minimum Gasteiger partial charge on any atom is -0.350 e. The van der Waals surface area contributed by atoms with Crippen LogP contribution >= 0.6 is 0 Å². The van der Waals surface area contributed by atoms with Gasteiger partial charge in [-0.2, -0.15) is 5.10 Å². The zero-order chi connectivity index (χ0) is 15.2. The van der Waals surface area contributed by atoms with E-state index in [1.807, 2.05) is 13.0 Å². The number of carbonyl (C=O) groups is 2. The molecule has 0 fully saturated rings. The van der Waals surface area contributed by atoms with E-state index < -0.39 is 0 Å². The van der Waals surface area contributed by atoms with Crippen LogP contribution in [-0.2, 0) is 11.8 Å². The molecule has 0 saturated carbocycles. The van der Waals surface area contributed by atoms with Crippen LogP contribution in [-0.4, -0.2) is 33.1 Å². The minimum atomic E-state index is -0.253. The lowest BCUT2D eigenvalue weighted by atomic mass is 10.3. The number of rotatable bonds is 5. The number of nitrogens with zero attached hydrogens (tertiary/aromatic N) is 3. The molecule has 0 aliphatic rings. The maximum Gasteiger partial charge on any atom is 0.269 e. The fourth-order valence-corrected chi connectivity index (χ4v) is 1.79. The van der Waals surface area contributed by atoms with Gasteiger partial charge in [0, 0.05) is 32.4 Å². The van der Waals surface area contributed by atoms with Gasteiger partial charge in [0.05, 0.1) is 0 Å². The van der Waals surface area contributed by atoms with E-state index in [4.69, 9.17) is 0 Å². The SMILES string of the molecule is Cc1ccnc(NC(=O)CCNC(=O)c2ccnn2C)c1. The molecule has 0 aliphatic carbocycles. The third-order valence-corrected chi connectivity index (χ3v) is 2.87. The molecular formula is C14H17N5O2. The molecule has 0 atom stereocenters. The predicted molar refractivity (Wildman–Crippen MR) is 77.8 cm³/mol. The van der Waals surface area contributed by atoms with Crippen molar-refractivity contribution in [2.24, 2.45) is 7.05 Å². The second kappa shape index (κ2) is 6.65. The Morgan fingerprint density at radius 1 is 1.29 bits per heavy atom. The monoisotopic (exact) mass is 287 g/mol. The van der Waals surface area contributed by atoms with Crippen LogP contribution in [0, 0.1) is 6.92 Å². The number of aromatic nitrogens is 3. The second-order valence-corrected chi connectivity index (χ2v) is 4.61. The molecule has 0 aromatic carbocycles. The van der Waals surface area contributed by atoms with E-state index in [0.29, 0.717) is 11.5 Å². The Morgan fingerprint density at radius 2 is 2.10 bits per heavy atom. The van der Waals surface area contributed by atoms with E-state index in [1.54, 1.807) is 31.6 Å². The molecule has 0 radical (unpaired) electrons. The average molecular weight is 287 g/mol. The Balaban J connectivity index is 1.77. The van der Waals surface area contributed by atoms with E-state index in [1.165, 1.54) is 4.68 Å². The fourth-order valence-electron chi connectivity index (χ4n) is 1.79. The molecule has 2 N–H and O–H groups in total. The zero-order valence-corrected chi connectivity index (χ0v) is 12.0. The topological polar surface area (TPSA) is 88.9 Å². The summed E-state index contributed by atoms with van der Waals surface area (Å²) < 4.78 is 1.48. The van der Waals surface area contributed by atoms with Crippen molar-refractivity contribution < 1.29 is 9.59 Å². The highest BCUT2D eigenvalue weighted by Gasteiger charge is 2.10. The number of carbonyl (C=O) groups excluding carboxylic acids is 2. The smallest absolute Gasteiger partial charge is 0.269 e. The number of hydrogen-bond acceptors (Lipinski definition) is 4. The lowest BCUT2D eigenvalue weighted by molar-refractivity contribution is -0.116. The van der Waals surface area contributed by atoms with Gasteiger partial charge in [0.25, 0.3) is 5.91 Å². The maximum absolute atomic E-state index is 11.8. The van der Waals surface area contributed by atoms with Gasteiger partial charge in [-0.05, 0) is 30.7 Å². The minimum absolute atomic E-state index is 0.180. The largest absolute Gasteiger partial charge is 0.350 e. The number of nitrogens with one attached hydrogen (secondary N) is 2. The Bertz CT molecular complexity index is 650. The third-order valence-electron chi connectivity index (χ3n) is 2.87. The Kier molecular flexibility index (Phi) is 4.65. The summed E-state index contributed by atoms with van der Waals surface area (Å²) in [6, 6.07) is 5.25.